The zero-order valence-corrected chi connectivity index (χ0v) is 14.2. The Balaban J connectivity index is 1.92. The van der Waals surface area contributed by atoms with Crippen LogP contribution in [0, 0.1) is 0 Å². The number of benzene rings is 2. The highest BCUT2D eigenvalue weighted by atomic mass is 79.9. The number of hydrogen-bond donors (Lipinski definition) is 2. The zero-order chi connectivity index (χ0) is 15.9. The number of amides is 2. The molecule has 2 aromatic carbocycles. The molecule has 0 aliphatic rings. The molecular formula is C17H19BrN2O2. The number of carbonyl (C=O) groups excluding carboxylic acids is 1. The Bertz CT molecular complexity index is 646. The molecule has 0 aliphatic carbocycles. The van der Waals surface area contributed by atoms with Gasteiger partial charge in [0.05, 0.1) is 13.2 Å². The van der Waals surface area contributed by atoms with E-state index in [0.29, 0.717) is 6.54 Å². The number of nitrogens with one attached hydrogen (secondary N) is 2. The number of methoxy groups -OCH3 is 1. The van der Waals surface area contributed by atoms with Gasteiger partial charge in [-0.15, -0.1) is 0 Å². The molecule has 0 bridgehead atoms. The third-order valence-electron chi connectivity index (χ3n) is 3.35. The Morgan fingerprint density at radius 3 is 2.59 bits per heavy atom. The number of rotatable bonds is 5. The van der Waals surface area contributed by atoms with Gasteiger partial charge in [0.1, 0.15) is 5.75 Å². The van der Waals surface area contributed by atoms with Crippen molar-refractivity contribution < 1.29 is 9.53 Å². The fraction of sp³-hybridized carbons (Fsp3) is 0.235. The van der Waals surface area contributed by atoms with E-state index in [9.17, 15) is 4.79 Å². The molecule has 0 spiro atoms. The molecule has 2 rings (SSSR count). The lowest BCUT2D eigenvalue weighted by molar-refractivity contribution is 0.237. The molecule has 2 amide bonds. The summed E-state index contributed by atoms with van der Waals surface area (Å²) < 4.78 is 6.25. The van der Waals surface area contributed by atoms with Crippen LogP contribution < -0.4 is 15.4 Å². The van der Waals surface area contributed by atoms with Crippen molar-refractivity contribution in [2.24, 2.45) is 0 Å². The molecule has 116 valence electrons. The molecule has 22 heavy (non-hydrogen) atoms. The Hall–Kier alpha value is -2.01. The van der Waals surface area contributed by atoms with Gasteiger partial charge < -0.3 is 15.4 Å². The third-order valence-corrected chi connectivity index (χ3v) is 4.07. The normalized spacial score (nSPS) is 11.6. The molecular weight excluding hydrogens is 344 g/mol. The van der Waals surface area contributed by atoms with E-state index < -0.39 is 0 Å². The number of para-hydroxylation sites is 1. The summed E-state index contributed by atoms with van der Waals surface area (Å²) in [5.74, 6) is 0.765. The number of hydrogen-bond acceptors (Lipinski definition) is 2. The lowest BCUT2D eigenvalue weighted by Crippen LogP contribution is -2.36. The first-order valence-corrected chi connectivity index (χ1v) is 7.81. The maximum absolute atomic E-state index is 12.0. The molecule has 4 nitrogen and oxygen atoms in total. The van der Waals surface area contributed by atoms with Gasteiger partial charge in [-0.25, -0.2) is 4.79 Å². The van der Waals surface area contributed by atoms with Crippen molar-refractivity contribution in [3.8, 4) is 5.75 Å². The summed E-state index contributed by atoms with van der Waals surface area (Å²) in [6.07, 6.45) is 0. The Morgan fingerprint density at radius 2 is 1.86 bits per heavy atom. The average molecular weight is 363 g/mol. The van der Waals surface area contributed by atoms with Gasteiger partial charge >= 0.3 is 6.03 Å². The zero-order valence-electron chi connectivity index (χ0n) is 12.6. The van der Waals surface area contributed by atoms with Gasteiger partial charge in [-0.3, -0.25) is 0 Å². The van der Waals surface area contributed by atoms with E-state index in [-0.39, 0.29) is 12.1 Å². The fourth-order valence-corrected chi connectivity index (χ4v) is 2.80. The minimum Gasteiger partial charge on any atom is -0.496 e. The lowest BCUT2D eigenvalue weighted by Gasteiger charge is -2.17. The van der Waals surface area contributed by atoms with Gasteiger partial charge in [0.25, 0.3) is 0 Å². The first kappa shape index (κ1) is 16.4. The lowest BCUT2D eigenvalue weighted by atomic mass is 10.1. The highest BCUT2D eigenvalue weighted by Gasteiger charge is 2.12. The summed E-state index contributed by atoms with van der Waals surface area (Å²) >= 11 is 3.49. The van der Waals surface area contributed by atoms with Crippen LogP contribution in [0.5, 0.6) is 5.75 Å². The molecule has 0 fully saturated rings. The van der Waals surface area contributed by atoms with Crippen LogP contribution >= 0.6 is 15.9 Å². The fourth-order valence-electron chi connectivity index (χ4n) is 2.18. The molecule has 0 radical (unpaired) electrons. The van der Waals surface area contributed by atoms with Crippen LogP contribution in [0.1, 0.15) is 24.1 Å². The van der Waals surface area contributed by atoms with Gasteiger partial charge in [-0.2, -0.15) is 0 Å². The van der Waals surface area contributed by atoms with E-state index in [4.69, 9.17) is 4.74 Å². The van der Waals surface area contributed by atoms with Crippen LogP contribution in [0.2, 0.25) is 0 Å². The standard InChI is InChI=1S/C17H19BrN2O2/c1-12(14-8-4-5-9-15(14)18)20-17(21)19-11-13-7-3-6-10-16(13)22-2/h3-10,12H,11H2,1-2H3,(H2,19,20,21). The van der Waals surface area contributed by atoms with Gasteiger partial charge in [0.2, 0.25) is 0 Å². The summed E-state index contributed by atoms with van der Waals surface area (Å²) in [5.41, 5.74) is 1.98. The van der Waals surface area contributed by atoms with Crippen molar-refractivity contribution in [1.82, 2.24) is 10.6 Å². The number of ether oxygens (including phenoxy) is 1. The Morgan fingerprint density at radius 1 is 1.18 bits per heavy atom. The van der Waals surface area contributed by atoms with Crippen LogP contribution in [0.3, 0.4) is 0 Å². The predicted octanol–water partition coefficient (Wildman–Crippen LogP) is 4.02. The quantitative estimate of drug-likeness (QED) is 0.843. The van der Waals surface area contributed by atoms with Gasteiger partial charge in [-0.05, 0) is 24.6 Å². The average Bonchev–Trinajstić information content (AvgIpc) is 2.53. The maximum Gasteiger partial charge on any atom is 0.315 e. The molecule has 0 aromatic heterocycles. The first-order valence-electron chi connectivity index (χ1n) is 7.02. The molecule has 0 aliphatic heterocycles. The third kappa shape index (κ3) is 4.24. The van der Waals surface area contributed by atoms with Crippen molar-refractivity contribution in [1.29, 1.82) is 0 Å². The summed E-state index contributed by atoms with van der Waals surface area (Å²) in [6, 6.07) is 15.2. The topological polar surface area (TPSA) is 50.4 Å². The van der Waals surface area contributed by atoms with E-state index in [2.05, 4.69) is 26.6 Å². The van der Waals surface area contributed by atoms with E-state index in [1.165, 1.54) is 0 Å². The van der Waals surface area contributed by atoms with E-state index in [1.807, 2.05) is 55.5 Å². The Labute approximate surface area is 139 Å². The van der Waals surface area contributed by atoms with Crippen LogP contribution in [-0.2, 0) is 6.54 Å². The maximum atomic E-state index is 12.0. The van der Waals surface area contributed by atoms with E-state index in [1.54, 1.807) is 7.11 Å². The largest absolute Gasteiger partial charge is 0.496 e. The first-order chi connectivity index (χ1) is 10.6. The molecule has 2 aromatic rings. The van der Waals surface area contributed by atoms with Crippen molar-refractivity contribution in [2.75, 3.05) is 7.11 Å². The highest BCUT2D eigenvalue weighted by Crippen LogP contribution is 2.22. The number of halogens is 1. The molecule has 0 heterocycles. The molecule has 5 heteroatoms. The molecule has 0 saturated carbocycles. The molecule has 1 atom stereocenters. The van der Waals surface area contributed by atoms with Crippen molar-refractivity contribution in [3.63, 3.8) is 0 Å². The van der Waals surface area contributed by atoms with Crippen LogP contribution in [0.25, 0.3) is 0 Å². The van der Waals surface area contributed by atoms with Gasteiger partial charge in [0, 0.05) is 16.6 Å². The molecule has 0 saturated heterocycles. The van der Waals surface area contributed by atoms with Crippen LogP contribution in [0.4, 0.5) is 4.79 Å². The summed E-state index contributed by atoms with van der Waals surface area (Å²) in [5, 5.41) is 5.77. The number of urea groups is 1. The van der Waals surface area contributed by atoms with Crippen molar-refractivity contribution in [2.45, 2.75) is 19.5 Å². The smallest absolute Gasteiger partial charge is 0.315 e. The van der Waals surface area contributed by atoms with Crippen LogP contribution in [-0.4, -0.2) is 13.1 Å². The Kier molecular flexibility index (Phi) is 5.83. The van der Waals surface area contributed by atoms with Crippen molar-refractivity contribution >= 4 is 22.0 Å². The second-order valence-electron chi connectivity index (χ2n) is 4.88. The van der Waals surface area contributed by atoms with E-state index >= 15 is 0 Å². The van der Waals surface area contributed by atoms with E-state index in [0.717, 1.165) is 21.3 Å². The molecule has 1 unspecified atom stereocenters. The number of carbonyl (C=O) groups is 1. The summed E-state index contributed by atoms with van der Waals surface area (Å²) in [6.45, 7) is 2.36. The predicted molar refractivity (Wildman–Crippen MR) is 90.9 cm³/mol. The van der Waals surface area contributed by atoms with Gasteiger partial charge in [-0.1, -0.05) is 52.3 Å². The minimum atomic E-state index is -0.214. The highest BCUT2D eigenvalue weighted by molar-refractivity contribution is 9.10. The monoisotopic (exact) mass is 362 g/mol. The SMILES string of the molecule is COc1ccccc1CNC(=O)NC(C)c1ccccc1Br. The summed E-state index contributed by atoms with van der Waals surface area (Å²) in [7, 11) is 1.62. The summed E-state index contributed by atoms with van der Waals surface area (Å²) in [4.78, 5) is 12.0. The van der Waals surface area contributed by atoms with Gasteiger partial charge in [0.15, 0.2) is 0 Å². The second kappa shape index (κ2) is 7.84. The minimum absolute atomic E-state index is 0.0896. The second-order valence-corrected chi connectivity index (χ2v) is 5.74. The molecule has 2 N–H and O–H groups in total. The van der Waals surface area contributed by atoms with Crippen molar-refractivity contribution in [3.05, 3.63) is 64.1 Å². The van der Waals surface area contributed by atoms with Crippen LogP contribution in [0.15, 0.2) is 53.0 Å².